The predicted octanol–water partition coefficient (Wildman–Crippen LogP) is 14.2. The Balaban J connectivity index is 1.07. The zero-order valence-corrected chi connectivity index (χ0v) is 32.6. The van der Waals surface area contributed by atoms with Crippen LogP contribution >= 0.6 is 0 Å². The van der Waals surface area contributed by atoms with Crippen LogP contribution in [0.3, 0.4) is 0 Å². The van der Waals surface area contributed by atoms with Crippen LogP contribution in [0.5, 0.6) is 0 Å². The molecule has 0 bridgehead atoms. The van der Waals surface area contributed by atoms with E-state index in [2.05, 4.69) is 182 Å². The monoisotopic (exact) mass is 764 g/mol. The first-order chi connectivity index (χ1) is 29.7. The Labute approximate surface area is 349 Å². The Morgan fingerprint density at radius 1 is 0.283 bits per heavy atom. The van der Waals surface area contributed by atoms with Crippen molar-refractivity contribution in [2.45, 2.75) is 0 Å². The van der Waals surface area contributed by atoms with Crippen LogP contribution in [0, 0.1) is 11.3 Å². The molecule has 0 N–H and O–H groups in total. The minimum Gasteiger partial charge on any atom is -0.208 e. The number of fused-ring (bicyclic) bond motifs is 1. The quantitative estimate of drug-likeness (QED) is 0.155. The number of nitrogens with zero attached hydrogens (tertiary/aromatic N) is 4. The summed E-state index contributed by atoms with van der Waals surface area (Å²) in [6.07, 6.45) is 0. The summed E-state index contributed by atoms with van der Waals surface area (Å²) in [7, 11) is 0. The molecule has 0 saturated carbocycles. The Bertz CT molecular complexity index is 3190. The molecule has 0 atom stereocenters. The fourth-order valence-corrected chi connectivity index (χ4v) is 7.92. The maximum Gasteiger partial charge on any atom is 0.164 e. The van der Waals surface area contributed by atoms with Crippen LogP contribution < -0.4 is 0 Å². The number of hydrogen-bond donors (Lipinski definition) is 0. The molecular weight excluding hydrogens is 729 g/mol. The molecular formula is C56H36N4. The van der Waals surface area contributed by atoms with Gasteiger partial charge in [0.1, 0.15) is 0 Å². The lowest BCUT2D eigenvalue weighted by Gasteiger charge is -2.16. The maximum atomic E-state index is 9.57. The molecule has 10 rings (SSSR count). The van der Waals surface area contributed by atoms with Gasteiger partial charge in [-0.1, -0.05) is 194 Å². The van der Waals surface area contributed by atoms with Gasteiger partial charge in [-0.05, 0) is 90.7 Å². The molecule has 0 aliphatic heterocycles. The van der Waals surface area contributed by atoms with Gasteiger partial charge in [-0.25, -0.2) is 15.0 Å². The van der Waals surface area contributed by atoms with E-state index in [1.54, 1.807) is 0 Å². The molecule has 4 heteroatoms. The molecule has 0 unspecified atom stereocenters. The third-order valence-electron chi connectivity index (χ3n) is 11.0. The summed E-state index contributed by atoms with van der Waals surface area (Å²) < 4.78 is 0. The molecule has 10 aromatic rings. The van der Waals surface area contributed by atoms with Crippen LogP contribution in [0.15, 0.2) is 218 Å². The third kappa shape index (κ3) is 7.24. The lowest BCUT2D eigenvalue weighted by Crippen LogP contribution is -2.00. The van der Waals surface area contributed by atoms with E-state index in [1.807, 2.05) is 42.5 Å². The minimum absolute atomic E-state index is 0.567. The fourth-order valence-electron chi connectivity index (χ4n) is 7.92. The fraction of sp³-hybridized carbons (Fsp3) is 0. The van der Waals surface area contributed by atoms with E-state index in [0.29, 0.717) is 23.0 Å². The Morgan fingerprint density at radius 3 is 1.37 bits per heavy atom. The standard InChI is InChI=1S/C56H36N4/c57-37-38-12-9-19-46(34-38)48-20-10-21-50(36-48)56-59-54(44-29-24-40(25-30-44)49-33-26-39-13-7-8-18-47(39)35-49)58-55(60-56)45-31-27-42(28-32-45)52-23-11-22-51(41-14-3-1-4-15-41)53(52)43-16-5-2-6-17-43/h1-36H. The lowest BCUT2D eigenvalue weighted by atomic mass is 9.87. The third-order valence-corrected chi connectivity index (χ3v) is 11.0. The van der Waals surface area contributed by atoms with Gasteiger partial charge in [0.15, 0.2) is 17.5 Å². The molecule has 0 saturated heterocycles. The van der Waals surface area contributed by atoms with Gasteiger partial charge >= 0.3 is 0 Å². The maximum absolute atomic E-state index is 9.57. The predicted molar refractivity (Wildman–Crippen MR) is 246 cm³/mol. The highest BCUT2D eigenvalue weighted by atomic mass is 15.0. The second kappa shape index (κ2) is 15.9. The zero-order valence-electron chi connectivity index (χ0n) is 32.6. The first-order valence-electron chi connectivity index (χ1n) is 20.0. The van der Waals surface area contributed by atoms with Crippen molar-refractivity contribution in [3.63, 3.8) is 0 Å². The van der Waals surface area contributed by atoms with E-state index in [1.165, 1.54) is 27.5 Å². The summed E-state index contributed by atoms with van der Waals surface area (Å²) in [5, 5.41) is 12.0. The second-order valence-electron chi connectivity index (χ2n) is 14.8. The van der Waals surface area contributed by atoms with Crippen molar-refractivity contribution in [3.05, 3.63) is 224 Å². The van der Waals surface area contributed by atoms with Crippen molar-refractivity contribution >= 4 is 10.8 Å². The number of benzene rings is 9. The highest BCUT2D eigenvalue weighted by molar-refractivity contribution is 5.95. The molecule has 1 heterocycles. The summed E-state index contributed by atoms with van der Waals surface area (Å²) in [6.45, 7) is 0. The number of rotatable bonds is 8. The molecule has 0 aliphatic carbocycles. The van der Waals surface area contributed by atoms with Crippen molar-refractivity contribution < 1.29 is 0 Å². The van der Waals surface area contributed by atoms with E-state index in [4.69, 9.17) is 15.0 Å². The van der Waals surface area contributed by atoms with Crippen molar-refractivity contribution in [2.75, 3.05) is 0 Å². The van der Waals surface area contributed by atoms with Gasteiger partial charge in [0, 0.05) is 16.7 Å². The van der Waals surface area contributed by atoms with Crippen LogP contribution in [-0.4, -0.2) is 15.0 Å². The van der Waals surface area contributed by atoms with Crippen LogP contribution in [-0.2, 0) is 0 Å². The van der Waals surface area contributed by atoms with Crippen LogP contribution in [0.4, 0.5) is 0 Å². The van der Waals surface area contributed by atoms with Crippen LogP contribution in [0.1, 0.15) is 5.56 Å². The first-order valence-corrected chi connectivity index (χ1v) is 20.0. The molecule has 60 heavy (non-hydrogen) atoms. The van der Waals surface area contributed by atoms with Crippen LogP contribution in [0.2, 0.25) is 0 Å². The Hall–Kier alpha value is -8.26. The van der Waals surface area contributed by atoms with Gasteiger partial charge in [0.05, 0.1) is 11.6 Å². The molecule has 9 aromatic carbocycles. The first kappa shape index (κ1) is 36.1. The van der Waals surface area contributed by atoms with E-state index in [9.17, 15) is 5.26 Å². The summed E-state index contributed by atoms with van der Waals surface area (Å²) in [4.78, 5) is 15.3. The Morgan fingerprint density at radius 2 is 0.717 bits per heavy atom. The van der Waals surface area contributed by atoms with Crippen molar-refractivity contribution in [1.29, 1.82) is 5.26 Å². The minimum atomic E-state index is 0.567. The van der Waals surface area contributed by atoms with Gasteiger partial charge in [0.25, 0.3) is 0 Å². The SMILES string of the molecule is N#Cc1cccc(-c2cccc(-c3nc(-c4ccc(-c5ccc6ccccc6c5)cc4)nc(-c4ccc(-c5cccc(-c6ccccc6)c5-c5ccccc5)cc4)n3)c2)c1. The lowest BCUT2D eigenvalue weighted by molar-refractivity contribution is 1.07. The van der Waals surface area contributed by atoms with E-state index in [0.717, 1.165) is 55.6 Å². The average molecular weight is 765 g/mol. The summed E-state index contributed by atoms with van der Waals surface area (Å²) >= 11 is 0. The van der Waals surface area contributed by atoms with Gasteiger partial charge in [-0.3, -0.25) is 0 Å². The summed E-state index contributed by atoms with van der Waals surface area (Å²) in [5.41, 5.74) is 14.4. The average Bonchev–Trinajstić information content (AvgIpc) is 3.34. The van der Waals surface area contributed by atoms with Crippen molar-refractivity contribution in [3.8, 4) is 95.9 Å². The second-order valence-corrected chi connectivity index (χ2v) is 14.8. The molecule has 280 valence electrons. The van der Waals surface area contributed by atoms with Crippen LogP contribution in [0.25, 0.3) is 101 Å². The van der Waals surface area contributed by atoms with Gasteiger partial charge < -0.3 is 0 Å². The molecule has 0 spiro atoms. The topological polar surface area (TPSA) is 62.5 Å². The number of aromatic nitrogens is 3. The number of hydrogen-bond acceptors (Lipinski definition) is 4. The van der Waals surface area contributed by atoms with E-state index >= 15 is 0 Å². The molecule has 0 fully saturated rings. The number of nitriles is 1. The normalized spacial score (nSPS) is 11.0. The highest BCUT2D eigenvalue weighted by Crippen LogP contribution is 2.40. The van der Waals surface area contributed by atoms with Crippen molar-refractivity contribution in [1.82, 2.24) is 15.0 Å². The highest BCUT2D eigenvalue weighted by Gasteiger charge is 2.17. The molecule has 4 nitrogen and oxygen atoms in total. The van der Waals surface area contributed by atoms with Gasteiger partial charge in [0.2, 0.25) is 0 Å². The molecule has 0 radical (unpaired) electrons. The molecule has 0 amide bonds. The van der Waals surface area contributed by atoms with E-state index < -0.39 is 0 Å². The van der Waals surface area contributed by atoms with E-state index in [-0.39, 0.29) is 0 Å². The summed E-state index contributed by atoms with van der Waals surface area (Å²) in [6, 6.07) is 77.7. The summed E-state index contributed by atoms with van der Waals surface area (Å²) in [5.74, 6) is 1.74. The zero-order chi connectivity index (χ0) is 40.3. The molecule has 1 aromatic heterocycles. The van der Waals surface area contributed by atoms with Gasteiger partial charge in [-0.15, -0.1) is 0 Å². The smallest absolute Gasteiger partial charge is 0.164 e. The largest absolute Gasteiger partial charge is 0.208 e. The Kier molecular flexibility index (Phi) is 9.59. The molecule has 0 aliphatic rings. The van der Waals surface area contributed by atoms with Crippen molar-refractivity contribution in [2.24, 2.45) is 0 Å². The van der Waals surface area contributed by atoms with Gasteiger partial charge in [-0.2, -0.15) is 5.26 Å².